The van der Waals surface area contributed by atoms with Crippen molar-refractivity contribution in [3.8, 4) is 0 Å². The minimum Gasteiger partial charge on any atom is -0.355 e. The minimum atomic E-state index is -0.181. The zero-order valence-electron chi connectivity index (χ0n) is 19.7. The maximum atomic E-state index is 12.9. The molecule has 6 nitrogen and oxygen atoms in total. The number of benzene rings is 3. The molecule has 5 aromatic rings. The molecule has 0 bridgehead atoms. The first-order valence-electron chi connectivity index (χ1n) is 11.5. The Balaban J connectivity index is 0.00000141. The highest BCUT2D eigenvalue weighted by Gasteiger charge is 2.09. The lowest BCUT2D eigenvalue weighted by molar-refractivity contribution is 0.102. The number of fused-ring (bicyclic) bond motifs is 1. The van der Waals surface area contributed by atoms with E-state index in [0.717, 1.165) is 33.7 Å². The van der Waals surface area contributed by atoms with E-state index in [1.54, 1.807) is 24.7 Å². The van der Waals surface area contributed by atoms with Crippen molar-refractivity contribution in [2.45, 2.75) is 13.8 Å². The summed E-state index contributed by atoms with van der Waals surface area (Å²) in [6, 6.07) is 28.7. The highest BCUT2D eigenvalue weighted by atomic mass is 16.1. The van der Waals surface area contributed by atoms with Crippen LogP contribution in [0.1, 0.15) is 24.2 Å². The van der Waals surface area contributed by atoms with Gasteiger partial charge in [-0.3, -0.25) is 14.8 Å². The first-order chi connectivity index (χ1) is 17.2. The monoisotopic (exact) mass is 461 g/mol. The van der Waals surface area contributed by atoms with Crippen LogP contribution >= 0.6 is 0 Å². The van der Waals surface area contributed by atoms with Crippen LogP contribution in [0.15, 0.2) is 110 Å². The molecule has 0 saturated carbocycles. The maximum absolute atomic E-state index is 12.9. The second kappa shape index (κ2) is 11.4. The Hall–Kier alpha value is -4.71. The van der Waals surface area contributed by atoms with Gasteiger partial charge in [-0.2, -0.15) is 0 Å². The van der Waals surface area contributed by atoms with Crippen LogP contribution in [0.4, 0.5) is 28.4 Å². The summed E-state index contributed by atoms with van der Waals surface area (Å²) in [5.74, 6) is -0.181. The van der Waals surface area contributed by atoms with Crippen LogP contribution in [0.2, 0.25) is 0 Å². The van der Waals surface area contributed by atoms with Crippen LogP contribution in [-0.2, 0) is 0 Å². The van der Waals surface area contributed by atoms with E-state index in [2.05, 4.69) is 25.9 Å². The van der Waals surface area contributed by atoms with Crippen molar-refractivity contribution in [3.63, 3.8) is 0 Å². The minimum absolute atomic E-state index is 0.181. The average molecular weight is 462 g/mol. The molecular formula is C29H27N5O. The maximum Gasteiger partial charge on any atom is 0.255 e. The number of hydrogen-bond donors (Lipinski definition) is 3. The number of hydrogen-bond acceptors (Lipinski definition) is 5. The molecule has 3 aromatic carbocycles. The van der Waals surface area contributed by atoms with E-state index in [1.165, 1.54) is 0 Å². The molecule has 0 spiro atoms. The predicted molar refractivity (Wildman–Crippen MR) is 145 cm³/mol. The summed E-state index contributed by atoms with van der Waals surface area (Å²) in [7, 11) is 0. The first-order valence-corrected chi connectivity index (χ1v) is 11.5. The number of pyridine rings is 2. The summed E-state index contributed by atoms with van der Waals surface area (Å²) in [5.41, 5.74) is 5.75. The van der Waals surface area contributed by atoms with Gasteiger partial charge in [0, 0.05) is 58.0 Å². The van der Waals surface area contributed by atoms with Gasteiger partial charge < -0.3 is 16.0 Å². The van der Waals surface area contributed by atoms with Crippen LogP contribution in [0, 0.1) is 0 Å². The quantitative estimate of drug-likeness (QED) is 0.246. The Kier molecular flexibility index (Phi) is 7.66. The fourth-order valence-electron chi connectivity index (χ4n) is 3.58. The number of carbonyl (C=O) groups excluding carboxylic acids is 1. The summed E-state index contributed by atoms with van der Waals surface area (Å²) in [4.78, 5) is 21.3. The number of anilines is 5. The summed E-state index contributed by atoms with van der Waals surface area (Å²) in [5, 5.41) is 10.7. The molecule has 0 saturated heterocycles. The molecule has 2 aromatic heterocycles. The molecule has 0 aliphatic carbocycles. The number of carbonyl (C=O) groups is 1. The third-order valence-corrected chi connectivity index (χ3v) is 5.14. The van der Waals surface area contributed by atoms with Gasteiger partial charge in [0.2, 0.25) is 0 Å². The van der Waals surface area contributed by atoms with Gasteiger partial charge in [-0.25, -0.2) is 0 Å². The van der Waals surface area contributed by atoms with Gasteiger partial charge in [0.15, 0.2) is 0 Å². The van der Waals surface area contributed by atoms with Crippen molar-refractivity contribution in [3.05, 3.63) is 115 Å². The third-order valence-electron chi connectivity index (χ3n) is 5.14. The van der Waals surface area contributed by atoms with Crippen LogP contribution in [0.3, 0.4) is 0 Å². The second-order valence-electron chi connectivity index (χ2n) is 7.48. The van der Waals surface area contributed by atoms with Gasteiger partial charge in [-0.1, -0.05) is 44.2 Å². The summed E-state index contributed by atoms with van der Waals surface area (Å²) in [6.07, 6.45) is 5.22. The molecule has 2 heterocycles. The van der Waals surface area contributed by atoms with Crippen molar-refractivity contribution >= 4 is 45.2 Å². The van der Waals surface area contributed by atoms with E-state index in [1.807, 2.05) is 98.8 Å². The van der Waals surface area contributed by atoms with Gasteiger partial charge in [0.1, 0.15) is 0 Å². The Morgan fingerprint density at radius 3 is 2.20 bits per heavy atom. The lowest BCUT2D eigenvalue weighted by Gasteiger charge is -2.12. The van der Waals surface area contributed by atoms with Gasteiger partial charge in [0.05, 0.1) is 5.52 Å². The van der Waals surface area contributed by atoms with Crippen molar-refractivity contribution in [1.82, 2.24) is 9.97 Å². The van der Waals surface area contributed by atoms with E-state index in [-0.39, 0.29) is 5.91 Å². The molecular weight excluding hydrogens is 434 g/mol. The van der Waals surface area contributed by atoms with Gasteiger partial charge >= 0.3 is 0 Å². The van der Waals surface area contributed by atoms with E-state index >= 15 is 0 Å². The second-order valence-corrected chi connectivity index (χ2v) is 7.48. The van der Waals surface area contributed by atoms with Crippen LogP contribution in [0.25, 0.3) is 10.9 Å². The molecule has 0 atom stereocenters. The molecule has 5 rings (SSSR count). The van der Waals surface area contributed by atoms with Crippen LogP contribution in [-0.4, -0.2) is 15.9 Å². The number of amides is 1. The Morgan fingerprint density at radius 2 is 1.37 bits per heavy atom. The molecule has 3 N–H and O–H groups in total. The Labute approximate surface area is 205 Å². The zero-order chi connectivity index (χ0) is 24.5. The lowest BCUT2D eigenvalue weighted by Crippen LogP contribution is -2.12. The van der Waals surface area contributed by atoms with E-state index < -0.39 is 0 Å². The SMILES string of the molecule is CC.O=C(Nc1cccc(Nc2ccncc2)c1)c1cccc(Nc2ccnc3ccccc23)c1. The Bertz CT molecular complexity index is 1410. The predicted octanol–water partition coefficient (Wildman–Crippen LogP) is 7.40. The van der Waals surface area contributed by atoms with Crippen LogP contribution in [0.5, 0.6) is 0 Å². The van der Waals surface area contributed by atoms with E-state index in [0.29, 0.717) is 11.3 Å². The van der Waals surface area contributed by atoms with Crippen molar-refractivity contribution < 1.29 is 4.79 Å². The molecule has 0 radical (unpaired) electrons. The standard InChI is InChI=1S/C27H21N5O.C2H6/c33-27(32-23-8-4-7-22(18-23)30-20-11-14-28-15-12-20)19-5-3-6-21(17-19)31-26-13-16-29-25-10-2-1-9-24(25)26;1-2/h1-18H,(H,28,30)(H,29,31)(H,32,33);1-2H3. The van der Waals surface area contributed by atoms with Crippen molar-refractivity contribution in [2.75, 3.05) is 16.0 Å². The first kappa shape index (κ1) is 23.4. The molecule has 0 aliphatic heterocycles. The molecule has 0 aliphatic rings. The largest absolute Gasteiger partial charge is 0.355 e. The van der Waals surface area contributed by atoms with Crippen molar-refractivity contribution in [1.29, 1.82) is 0 Å². The molecule has 174 valence electrons. The number of para-hydroxylation sites is 1. The molecule has 0 fully saturated rings. The number of rotatable bonds is 6. The normalized spacial score (nSPS) is 10.1. The lowest BCUT2D eigenvalue weighted by atomic mass is 10.1. The average Bonchev–Trinajstić information content (AvgIpc) is 2.91. The smallest absolute Gasteiger partial charge is 0.255 e. The molecule has 1 amide bonds. The van der Waals surface area contributed by atoms with Crippen molar-refractivity contribution in [2.24, 2.45) is 0 Å². The molecule has 0 unspecified atom stereocenters. The fourth-order valence-corrected chi connectivity index (χ4v) is 3.58. The molecule has 35 heavy (non-hydrogen) atoms. The zero-order valence-corrected chi connectivity index (χ0v) is 19.7. The summed E-state index contributed by atoms with van der Waals surface area (Å²) >= 11 is 0. The van der Waals surface area contributed by atoms with Gasteiger partial charge in [0.25, 0.3) is 5.91 Å². The molecule has 6 heteroatoms. The third kappa shape index (κ3) is 6.00. The summed E-state index contributed by atoms with van der Waals surface area (Å²) < 4.78 is 0. The van der Waals surface area contributed by atoms with E-state index in [9.17, 15) is 4.79 Å². The highest BCUT2D eigenvalue weighted by molar-refractivity contribution is 6.05. The fraction of sp³-hybridized carbons (Fsp3) is 0.0690. The number of aromatic nitrogens is 2. The van der Waals surface area contributed by atoms with Gasteiger partial charge in [-0.05, 0) is 60.7 Å². The summed E-state index contributed by atoms with van der Waals surface area (Å²) in [6.45, 7) is 4.00. The number of nitrogens with zero attached hydrogens (tertiary/aromatic N) is 2. The number of nitrogens with one attached hydrogen (secondary N) is 3. The van der Waals surface area contributed by atoms with E-state index in [4.69, 9.17) is 0 Å². The van der Waals surface area contributed by atoms with Crippen LogP contribution < -0.4 is 16.0 Å². The van der Waals surface area contributed by atoms with Gasteiger partial charge in [-0.15, -0.1) is 0 Å². The topological polar surface area (TPSA) is 78.9 Å². The highest BCUT2D eigenvalue weighted by Crippen LogP contribution is 2.26. The Morgan fingerprint density at radius 1 is 0.657 bits per heavy atom.